The van der Waals surface area contributed by atoms with Crippen molar-refractivity contribution in [2.45, 2.75) is 50.7 Å². The van der Waals surface area contributed by atoms with Gasteiger partial charge in [0, 0.05) is 12.5 Å². The average Bonchev–Trinajstić information content (AvgIpc) is 3.20. The van der Waals surface area contributed by atoms with Crippen molar-refractivity contribution in [2.24, 2.45) is 0 Å². The molecule has 0 unspecified atom stereocenters. The number of hydrogen-bond donors (Lipinski definition) is 2. The molecule has 1 saturated carbocycles. The fraction of sp³-hybridized carbons (Fsp3) is 0.474. The molecule has 25 heavy (non-hydrogen) atoms. The molecule has 1 saturated heterocycles. The van der Waals surface area contributed by atoms with Gasteiger partial charge in [-0.05, 0) is 38.2 Å². The third-order valence-electron chi connectivity index (χ3n) is 4.86. The van der Waals surface area contributed by atoms with E-state index in [1.54, 1.807) is 0 Å². The fourth-order valence-electron chi connectivity index (χ4n) is 3.37. The van der Waals surface area contributed by atoms with Crippen LogP contribution in [0.5, 0.6) is 0 Å². The summed E-state index contributed by atoms with van der Waals surface area (Å²) in [5, 5.41) is 10.0. The van der Waals surface area contributed by atoms with Crippen molar-refractivity contribution in [3.63, 3.8) is 0 Å². The number of nitrogens with one attached hydrogen (secondary N) is 2. The molecule has 2 N–H and O–H groups in total. The van der Waals surface area contributed by atoms with Gasteiger partial charge in [0.2, 0.25) is 0 Å². The topological polar surface area (TPSA) is 76.4 Å². The molecule has 2 heterocycles. The van der Waals surface area contributed by atoms with Crippen molar-refractivity contribution in [3.8, 4) is 0 Å². The maximum atomic E-state index is 12.7. The predicted octanol–water partition coefficient (Wildman–Crippen LogP) is 3.90. The van der Waals surface area contributed by atoms with Gasteiger partial charge in [0.1, 0.15) is 11.4 Å². The first-order chi connectivity index (χ1) is 12.2. The summed E-state index contributed by atoms with van der Waals surface area (Å²) in [6.07, 6.45) is 4.15. The third-order valence-corrected chi connectivity index (χ3v) is 4.86. The first-order valence-corrected chi connectivity index (χ1v) is 8.92. The van der Waals surface area contributed by atoms with E-state index < -0.39 is 0 Å². The highest BCUT2D eigenvalue weighted by Gasteiger charge is 2.33. The van der Waals surface area contributed by atoms with E-state index in [1.165, 1.54) is 0 Å². The van der Waals surface area contributed by atoms with Crippen LogP contribution in [0.2, 0.25) is 0 Å². The largest absolute Gasteiger partial charge is 0.376 e. The lowest BCUT2D eigenvalue weighted by molar-refractivity contribution is 0.0815. The summed E-state index contributed by atoms with van der Waals surface area (Å²) >= 11 is 0. The minimum absolute atomic E-state index is 0.000348. The van der Waals surface area contributed by atoms with Crippen LogP contribution in [0.1, 0.15) is 54.7 Å². The average molecular weight is 341 g/mol. The highest BCUT2D eigenvalue weighted by molar-refractivity contribution is 5.90. The molecule has 0 radical (unpaired) electrons. The summed E-state index contributed by atoms with van der Waals surface area (Å²) in [6.45, 7) is 2.59. The van der Waals surface area contributed by atoms with Crippen molar-refractivity contribution < 1.29 is 14.1 Å². The van der Waals surface area contributed by atoms with Gasteiger partial charge in [-0.2, -0.15) is 0 Å². The summed E-state index contributed by atoms with van der Waals surface area (Å²) in [6, 6.07) is 9.54. The lowest BCUT2D eigenvalue weighted by Crippen LogP contribution is -2.38. The van der Waals surface area contributed by atoms with Crippen molar-refractivity contribution in [1.29, 1.82) is 0 Å². The van der Waals surface area contributed by atoms with Crippen LogP contribution in [0.15, 0.2) is 34.9 Å². The maximum absolute atomic E-state index is 12.7. The number of ether oxygens (including phenoxy) is 1. The molecule has 4 rings (SSSR count). The summed E-state index contributed by atoms with van der Waals surface area (Å²) in [4.78, 5) is 12.7. The number of nitrogens with zero attached hydrogens (tertiary/aromatic N) is 1. The Morgan fingerprint density at radius 3 is 2.72 bits per heavy atom. The van der Waals surface area contributed by atoms with Gasteiger partial charge in [-0.1, -0.05) is 35.5 Å². The Morgan fingerprint density at radius 1 is 1.24 bits per heavy atom. The van der Waals surface area contributed by atoms with Crippen LogP contribution in [0.3, 0.4) is 0 Å². The number of carbonyl (C=O) groups is 1. The highest BCUT2D eigenvalue weighted by Crippen LogP contribution is 2.44. The molecular weight excluding hydrogens is 318 g/mol. The van der Waals surface area contributed by atoms with Crippen LogP contribution in [0.4, 0.5) is 10.5 Å². The molecule has 2 atom stereocenters. The van der Waals surface area contributed by atoms with Gasteiger partial charge in [-0.15, -0.1) is 0 Å². The van der Waals surface area contributed by atoms with Gasteiger partial charge >= 0.3 is 6.03 Å². The van der Waals surface area contributed by atoms with Crippen molar-refractivity contribution in [3.05, 3.63) is 47.3 Å². The van der Waals surface area contributed by atoms with Crippen LogP contribution in [0.25, 0.3) is 0 Å². The number of rotatable bonds is 5. The molecule has 1 aliphatic heterocycles. The number of amides is 2. The zero-order chi connectivity index (χ0) is 17.2. The molecule has 2 fully saturated rings. The van der Waals surface area contributed by atoms with E-state index >= 15 is 0 Å². The monoisotopic (exact) mass is 341 g/mol. The van der Waals surface area contributed by atoms with Gasteiger partial charge < -0.3 is 19.9 Å². The minimum atomic E-state index is -0.252. The SMILES string of the molecule is Cc1noc(C2CC2)c1NC(=O)N[C@@H](c1ccccc1)[C@H]1CCCO1. The Morgan fingerprint density at radius 2 is 2.04 bits per heavy atom. The number of aromatic nitrogens is 1. The summed E-state index contributed by atoms with van der Waals surface area (Å²) in [7, 11) is 0. The summed E-state index contributed by atoms with van der Waals surface area (Å²) in [5.74, 6) is 1.18. The Labute approximate surface area is 146 Å². The van der Waals surface area contributed by atoms with Gasteiger partial charge in [0.15, 0.2) is 5.76 Å². The molecular formula is C19H23N3O3. The van der Waals surface area contributed by atoms with Gasteiger partial charge in [-0.3, -0.25) is 0 Å². The van der Waals surface area contributed by atoms with E-state index in [2.05, 4.69) is 15.8 Å². The van der Waals surface area contributed by atoms with E-state index in [0.29, 0.717) is 17.3 Å². The van der Waals surface area contributed by atoms with Crippen LogP contribution in [-0.4, -0.2) is 23.9 Å². The molecule has 1 aliphatic carbocycles. The Kier molecular flexibility index (Phi) is 4.44. The third kappa shape index (κ3) is 3.54. The van der Waals surface area contributed by atoms with Crippen LogP contribution in [0, 0.1) is 6.92 Å². The molecule has 0 spiro atoms. The van der Waals surface area contributed by atoms with E-state index in [1.807, 2.05) is 37.3 Å². The van der Waals surface area contributed by atoms with E-state index in [4.69, 9.17) is 9.26 Å². The molecule has 1 aromatic heterocycles. The number of aryl methyl sites for hydroxylation is 1. The Bertz CT molecular complexity index is 734. The summed E-state index contributed by atoms with van der Waals surface area (Å²) in [5.41, 5.74) is 2.47. The molecule has 6 nitrogen and oxygen atoms in total. The van der Waals surface area contributed by atoms with Crippen molar-refractivity contribution in [2.75, 3.05) is 11.9 Å². The maximum Gasteiger partial charge on any atom is 0.319 e. The van der Waals surface area contributed by atoms with Gasteiger partial charge in [0.25, 0.3) is 0 Å². The standard InChI is InChI=1S/C19H23N3O3/c1-12-16(18(25-22-12)14-9-10-14)20-19(23)21-17(15-8-5-11-24-15)13-6-3-2-4-7-13/h2-4,6-7,14-15,17H,5,8-11H2,1H3,(H2,20,21,23)/t15-,17+/m1/s1. The second-order valence-corrected chi connectivity index (χ2v) is 6.82. The zero-order valence-electron chi connectivity index (χ0n) is 14.3. The van der Waals surface area contributed by atoms with Gasteiger partial charge in [-0.25, -0.2) is 4.79 Å². The number of anilines is 1. The molecule has 2 aliphatic rings. The molecule has 6 heteroatoms. The molecule has 2 aromatic rings. The lowest BCUT2D eigenvalue weighted by Gasteiger charge is -2.25. The first kappa shape index (κ1) is 16.1. The van der Waals surface area contributed by atoms with E-state index in [-0.39, 0.29) is 18.2 Å². The van der Waals surface area contributed by atoms with Crippen LogP contribution >= 0.6 is 0 Å². The number of urea groups is 1. The van der Waals surface area contributed by atoms with Crippen LogP contribution in [-0.2, 0) is 4.74 Å². The smallest absolute Gasteiger partial charge is 0.319 e. The number of hydrogen-bond acceptors (Lipinski definition) is 4. The quantitative estimate of drug-likeness (QED) is 0.865. The van der Waals surface area contributed by atoms with Crippen molar-refractivity contribution >= 4 is 11.7 Å². The molecule has 0 bridgehead atoms. The van der Waals surface area contributed by atoms with Crippen molar-refractivity contribution in [1.82, 2.24) is 10.5 Å². The number of carbonyl (C=O) groups excluding carboxylic acids is 1. The second kappa shape index (κ2) is 6.88. The highest BCUT2D eigenvalue weighted by atomic mass is 16.5. The molecule has 2 amide bonds. The lowest BCUT2D eigenvalue weighted by atomic mass is 9.99. The number of benzene rings is 1. The summed E-state index contributed by atoms with van der Waals surface area (Å²) < 4.78 is 11.2. The van der Waals surface area contributed by atoms with Crippen LogP contribution < -0.4 is 10.6 Å². The predicted molar refractivity (Wildman–Crippen MR) is 93.5 cm³/mol. The van der Waals surface area contributed by atoms with E-state index in [9.17, 15) is 4.79 Å². The van der Waals surface area contributed by atoms with Gasteiger partial charge in [0.05, 0.1) is 12.1 Å². The van der Waals surface area contributed by atoms with E-state index in [0.717, 1.165) is 43.6 Å². The normalized spacial score (nSPS) is 21.1. The molecule has 132 valence electrons. The Balaban J connectivity index is 1.50. The minimum Gasteiger partial charge on any atom is -0.376 e. The second-order valence-electron chi connectivity index (χ2n) is 6.82. The zero-order valence-corrected chi connectivity index (χ0v) is 14.3. The molecule has 1 aromatic carbocycles. The first-order valence-electron chi connectivity index (χ1n) is 8.92. The Hall–Kier alpha value is -2.34. The fourth-order valence-corrected chi connectivity index (χ4v) is 3.37.